The Labute approximate surface area is 200 Å². The maximum atomic E-state index is 12.4. The number of amides is 1. The van der Waals surface area contributed by atoms with Crippen LogP contribution in [0.4, 0.5) is 5.13 Å². The fraction of sp³-hybridized carbons (Fsp3) is 0.583. The number of hydrogen-bond acceptors (Lipinski definition) is 6. The first kappa shape index (κ1) is 23.6. The number of anilines is 1. The molecule has 0 spiro atoms. The molecule has 0 saturated heterocycles. The number of thiazole rings is 1. The second-order valence-corrected chi connectivity index (χ2v) is 10.2. The third-order valence-corrected chi connectivity index (χ3v) is 6.99. The number of fused-ring (bicyclic) bond motifs is 3. The van der Waals surface area contributed by atoms with Crippen LogP contribution in [0.1, 0.15) is 69.4 Å². The molecule has 9 heteroatoms. The van der Waals surface area contributed by atoms with Crippen molar-refractivity contribution >= 4 is 33.8 Å². The van der Waals surface area contributed by atoms with Crippen molar-refractivity contribution in [3.05, 3.63) is 23.2 Å². The zero-order chi connectivity index (χ0) is 23.5. The predicted molar refractivity (Wildman–Crippen MR) is 136 cm³/mol. The first-order valence-electron chi connectivity index (χ1n) is 11.9. The summed E-state index contributed by atoms with van der Waals surface area (Å²) in [5, 5.41) is 12.1. The van der Waals surface area contributed by atoms with Crippen LogP contribution in [0.2, 0.25) is 0 Å². The lowest BCUT2D eigenvalue weighted by atomic mass is 9.93. The first-order chi connectivity index (χ1) is 15.9. The van der Waals surface area contributed by atoms with Crippen LogP contribution in [0.5, 0.6) is 0 Å². The van der Waals surface area contributed by atoms with E-state index in [2.05, 4.69) is 52.2 Å². The molecule has 0 atom stereocenters. The zero-order valence-corrected chi connectivity index (χ0v) is 21.2. The van der Waals surface area contributed by atoms with Gasteiger partial charge in [-0.2, -0.15) is 5.10 Å². The molecule has 8 nitrogen and oxygen atoms in total. The highest BCUT2D eigenvalue weighted by atomic mass is 32.1. The number of aliphatic imine (C=N–C) groups is 1. The molecule has 2 N–H and O–H groups in total. The predicted octanol–water partition coefficient (Wildman–Crippen LogP) is 4.11. The number of amidine groups is 1. The lowest BCUT2D eigenvalue weighted by molar-refractivity contribution is -0.116. The summed E-state index contributed by atoms with van der Waals surface area (Å²) >= 11 is 1.58. The monoisotopic (exact) mass is 469 g/mol. The molecule has 1 aliphatic carbocycles. The van der Waals surface area contributed by atoms with Gasteiger partial charge in [0.25, 0.3) is 0 Å². The minimum atomic E-state index is 0.0317. The molecule has 0 bridgehead atoms. The molecule has 4 rings (SSSR count). The van der Waals surface area contributed by atoms with Crippen molar-refractivity contribution in [2.45, 2.75) is 65.3 Å². The van der Waals surface area contributed by atoms with Crippen LogP contribution in [0.25, 0.3) is 16.1 Å². The quantitative estimate of drug-likeness (QED) is 0.608. The van der Waals surface area contributed by atoms with Crippen LogP contribution in [0.3, 0.4) is 0 Å². The first-order valence-corrected chi connectivity index (χ1v) is 12.7. The summed E-state index contributed by atoms with van der Waals surface area (Å²) in [6.07, 6.45) is 7.06. The third-order valence-electron chi connectivity index (χ3n) is 5.97. The molecule has 1 aliphatic heterocycles. The number of aryl methyl sites for hydroxylation is 1. The van der Waals surface area contributed by atoms with Crippen molar-refractivity contribution in [2.24, 2.45) is 4.99 Å². The van der Waals surface area contributed by atoms with Gasteiger partial charge in [0.2, 0.25) is 5.91 Å². The number of hydrogen-bond donors (Lipinski definition) is 2. The van der Waals surface area contributed by atoms with Gasteiger partial charge in [-0.15, -0.1) is 0 Å². The maximum absolute atomic E-state index is 12.4. The van der Waals surface area contributed by atoms with E-state index in [4.69, 9.17) is 10.1 Å². The van der Waals surface area contributed by atoms with Gasteiger partial charge < -0.3 is 15.5 Å². The van der Waals surface area contributed by atoms with Crippen LogP contribution >= 0.6 is 11.3 Å². The fourth-order valence-electron chi connectivity index (χ4n) is 4.39. The Morgan fingerprint density at radius 2 is 2.12 bits per heavy atom. The van der Waals surface area contributed by atoms with Gasteiger partial charge in [0.15, 0.2) is 5.13 Å². The molecule has 2 aromatic rings. The molecule has 1 amide bonds. The van der Waals surface area contributed by atoms with Gasteiger partial charge in [0.1, 0.15) is 5.84 Å². The van der Waals surface area contributed by atoms with E-state index in [1.54, 1.807) is 11.3 Å². The summed E-state index contributed by atoms with van der Waals surface area (Å²) in [6, 6.07) is 0.235. The largest absolute Gasteiger partial charge is 0.350 e. The van der Waals surface area contributed by atoms with Crippen molar-refractivity contribution in [3.63, 3.8) is 0 Å². The average Bonchev–Trinajstić information content (AvgIpc) is 3.35. The highest BCUT2D eigenvalue weighted by molar-refractivity contribution is 7.19. The Bertz CT molecular complexity index is 1080. The molecular formula is C24H35N7OS. The van der Waals surface area contributed by atoms with Crippen LogP contribution in [0.15, 0.2) is 11.2 Å². The molecule has 33 heavy (non-hydrogen) atoms. The second-order valence-electron chi connectivity index (χ2n) is 9.20. The lowest BCUT2D eigenvalue weighted by Crippen LogP contribution is -2.22. The molecule has 2 aliphatic rings. The molecule has 0 aromatic carbocycles. The van der Waals surface area contributed by atoms with Crippen molar-refractivity contribution in [1.29, 1.82) is 0 Å². The van der Waals surface area contributed by atoms with Gasteiger partial charge in [-0.1, -0.05) is 11.3 Å². The normalized spacial score (nSPS) is 16.6. The van der Waals surface area contributed by atoms with Crippen LogP contribution in [-0.4, -0.2) is 58.6 Å². The van der Waals surface area contributed by atoms with Gasteiger partial charge in [0, 0.05) is 37.2 Å². The number of carbonyl (C=O) groups excluding carboxylic acids is 1. The molecule has 0 radical (unpaired) electrons. The van der Waals surface area contributed by atoms with E-state index < -0.39 is 0 Å². The van der Waals surface area contributed by atoms with E-state index >= 15 is 0 Å². The van der Waals surface area contributed by atoms with E-state index in [-0.39, 0.29) is 11.9 Å². The molecule has 0 saturated carbocycles. The fourth-order valence-corrected chi connectivity index (χ4v) is 5.48. The Morgan fingerprint density at radius 3 is 2.79 bits per heavy atom. The number of rotatable bonds is 8. The molecule has 0 unspecified atom stereocenters. The lowest BCUT2D eigenvalue weighted by Gasteiger charge is -2.17. The Hall–Kier alpha value is -2.52. The molecular weight excluding hydrogens is 434 g/mol. The summed E-state index contributed by atoms with van der Waals surface area (Å²) in [7, 11) is 4.04. The van der Waals surface area contributed by atoms with Crippen molar-refractivity contribution in [3.8, 4) is 10.6 Å². The van der Waals surface area contributed by atoms with Crippen molar-refractivity contribution in [2.75, 3.05) is 32.5 Å². The topological polar surface area (TPSA) is 87.4 Å². The summed E-state index contributed by atoms with van der Waals surface area (Å²) < 4.78 is 2.14. The van der Waals surface area contributed by atoms with Gasteiger partial charge >= 0.3 is 0 Å². The zero-order valence-electron chi connectivity index (χ0n) is 20.4. The van der Waals surface area contributed by atoms with E-state index in [9.17, 15) is 4.79 Å². The number of nitrogens with one attached hydrogen (secondary N) is 2. The maximum Gasteiger partial charge on any atom is 0.226 e. The van der Waals surface area contributed by atoms with Crippen LogP contribution in [-0.2, 0) is 17.6 Å². The SMILES string of the molecule is CCN=C1CCC(c2nn(C(C)C)c3c2CCc2nc(NC(=O)CCCN(C)C)sc2-3)=CN1. The van der Waals surface area contributed by atoms with Gasteiger partial charge in [0.05, 0.1) is 22.0 Å². The highest BCUT2D eigenvalue weighted by Gasteiger charge is 2.31. The Balaban J connectivity index is 1.60. The average molecular weight is 470 g/mol. The Morgan fingerprint density at radius 1 is 1.30 bits per heavy atom. The summed E-state index contributed by atoms with van der Waals surface area (Å²) in [5.74, 6) is 1.08. The summed E-state index contributed by atoms with van der Waals surface area (Å²) in [4.78, 5) is 24.9. The second kappa shape index (κ2) is 10.2. The smallest absolute Gasteiger partial charge is 0.226 e. The minimum Gasteiger partial charge on any atom is -0.350 e. The highest BCUT2D eigenvalue weighted by Crippen LogP contribution is 2.43. The van der Waals surface area contributed by atoms with Gasteiger partial charge in [-0.05, 0) is 72.7 Å². The van der Waals surface area contributed by atoms with Gasteiger partial charge in [-0.25, -0.2) is 4.98 Å². The van der Waals surface area contributed by atoms with E-state index in [0.29, 0.717) is 11.6 Å². The standard InChI is InChI=1S/C24H35N7OS/c1-6-25-19-12-9-16(14-26-19)21-17-10-11-18-23(22(17)31(29-21)15(2)3)33-24(27-18)28-20(32)8-7-13-30(4)5/h14-15H,6-13H2,1-5H3,(H,25,26)(H,27,28,32). The van der Waals surface area contributed by atoms with Crippen LogP contribution < -0.4 is 10.6 Å². The van der Waals surface area contributed by atoms with E-state index in [1.807, 2.05) is 14.1 Å². The van der Waals surface area contributed by atoms with E-state index in [0.717, 1.165) is 67.3 Å². The minimum absolute atomic E-state index is 0.0317. The number of carbonyl (C=O) groups is 1. The number of nitrogens with zero attached hydrogens (tertiary/aromatic N) is 5. The number of aromatic nitrogens is 3. The molecule has 2 aromatic heterocycles. The Kier molecular flexibility index (Phi) is 7.29. The molecule has 0 fully saturated rings. The summed E-state index contributed by atoms with van der Waals surface area (Å²) in [5.41, 5.74) is 5.86. The van der Waals surface area contributed by atoms with E-state index in [1.165, 1.54) is 16.8 Å². The van der Waals surface area contributed by atoms with Crippen molar-refractivity contribution in [1.82, 2.24) is 25.0 Å². The van der Waals surface area contributed by atoms with Crippen LogP contribution in [0, 0.1) is 0 Å². The number of allylic oxidation sites excluding steroid dienone is 1. The third kappa shape index (κ3) is 5.19. The molecule has 178 valence electrons. The van der Waals surface area contributed by atoms with Crippen molar-refractivity contribution < 1.29 is 4.79 Å². The molecule has 3 heterocycles. The summed E-state index contributed by atoms with van der Waals surface area (Å²) in [6.45, 7) is 8.09. The van der Waals surface area contributed by atoms with Gasteiger partial charge in [-0.3, -0.25) is 14.5 Å².